The molecule has 20 heavy (non-hydrogen) atoms. The van der Waals surface area contributed by atoms with Crippen LogP contribution in [0.4, 0.5) is 0 Å². The summed E-state index contributed by atoms with van der Waals surface area (Å²) >= 11 is 0. The number of hydrogen-bond donors (Lipinski definition) is 0. The third-order valence-corrected chi connectivity index (χ3v) is 3.52. The molecule has 102 valence electrons. The molecule has 3 rings (SSSR count). The molecule has 0 N–H and O–H groups in total. The first-order chi connectivity index (χ1) is 9.74. The van der Waals surface area contributed by atoms with Gasteiger partial charge in [-0.3, -0.25) is 4.79 Å². The first kappa shape index (κ1) is 12.7. The SMILES string of the molecule is COc1cccc(Oc2ccc3c(c2)CCC(=O)C3)c1. The molecule has 0 aliphatic heterocycles. The highest BCUT2D eigenvalue weighted by atomic mass is 16.5. The highest BCUT2D eigenvalue weighted by Crippen LogP contribution is 2.29. The number of methoxy groups -OCH3 is 1. The van der Waals surface area contributed by atoms with E-state index < -0.39 is 0 Å². The summed E-state index contributed by atoms with van der Waals surface area (Å²) in [5, 5.41) is 0. The van der Waals surface area contributed by atoms with E-state index in [0.29, 0.717) is 18.6 Å². The zero-order chi connectivity index (χ0) is 13.9. The van der Waals surface area contributed by atoms with Gasteiger partial charge in [0.15, 0.2) is 0 Å². The van der Waals surface area contributed by atoms with Crippen LogP contribution in [0.1, 0.15) is 17.5 Å². The number of hydrogen-bond acceptors (Lipinski definition) is 3. The Morgan fingerprint density at radius 3 is 2.55 bits per heavy atom. The van der Waals surface area contributed by atoms with E-state index >= 15 is 0 Å². The van der Waals surface area contributed by atoms with Gasteiger partial charge in [-0.05, 0) is 41.8 Å². The Bertz CT molecular complexity index is 646. The van der Waals surface area contributed by atoms with Crippen molar-refractivity contribution in [3.05, 3.63) is 53.6 Å². The van der Waals surface area contributed by atoms with Crippen LogP contribution < -0.4 is 9.47 Å². The second kappa shape index (κ2) is 5.37. The maximum Gasteiger partial charge on any atom is 0.137 e. The summed E-state index contributed by atoms with van der Waals surface area (Å²) in [6.07, 6.45) is 1.99. The van der Waals surface area contributed by atoms with Crippen molar-refractivity contribution in [2.75, 3.05) is 7.11 Å². The van der Waals surface area contributed by atoms with Gasteiger partial charge in [0.25, 0.3) is 0 Å². The summed E-state index contributed by atoms with van der Waals surface area (Å²) in [6.45, 7) is 0. The smallest absolute Gasteiger partial charge is 0.137 e. The van der Waals surface area contributed by atoms with Crippen LogP contribution in [0.5, 0.6) is 17.2 Å². The normalized spacial score (nSPS) is 13.8. The molecule has 3 heteroatoms. The molecule has 0 bridgehead atoms. The number of Topliss-reactive ketones (excluding diaryl/α,β-unsaturated/α-hetero) is 1. The van der Waals surface area contributed by atoms with Gasteiger partial charge in [0.1, 0.15) is 23.0 Å². The maximum atomic E-state index is 11.4. The van der Waals surface area contributed by atoms with Crippen molar-refractivity contribution in [1.82, 2.24) is 0 Å². The molecule has 2 aromatic rings. The molecular formula is C17H16O3. The molecule has 0 spiro atoms. The predicted molar refractivity (Wildman–Crippen MR) is 76.5 cm³/mol. The Labute approximate surface area is 118 Å². The number of benzene rings is 2. The monoisotopic (exact) mass is 268 g/mol. The maximum absolute atomic E-state index is 11.4. The third kappa shape index (κ3) is 2.67. The molecule has 0 saturated carbocycles. The molecule has 3 nitrogen and oxygen atoms in total. The zero-order valence-electron chi connectivity index (χ0n) is 11.4. The number of rotatable bonds is 3. The number of aryl methyl sites for hydroxylation is 1. The molecule has 1 aliphatic rings. The van der Waals surface area contributed by atoms with Gasteiger partial charge in [-0.1, -0.05) is 12.1 Å². The summed E-state index contributed by atoms with van der Waals surface area (Å²) in [4.78, 5) is 11.4. The number of carbonyl (C=O) groups is 1. The fourth-order valence-electron chi connectivity index (χ4n) is 2.45. The quantitative estimate of drug-likeness (QED) is 0.854. The topological polar surface area (TPSA) is 35.5 Å². The average Bonchev–Trinajstić information content (AvgIpc) is 2.47. The number of ether oxygens (including phenoxy) is 2. The van der Waals surface area contributed by atoms with E-state index in [0.717, 1.165) is 29.2 Å². The van der Waals surface area contributed by atoms with Crippen LogP contribution in [-0.2, 0) is 17.6 Å². The third-order valence-electron chi connectivity index (χ3n) is 3.52. The van der Waals surface area contributed by atoms with Crippen LogP contribution in [0.2, 0.25) is 0 Å². The molecule has 1 aliphatic carbocycles. The van der Waals surface area contributed by atoms with Gasteiger partial charge in [-0.15, -0.1) is 0 Å². The highest BCUT2D eigenvalue weighted by molar-refractivity contribution is 5.83. The van der Waals surface area contributed by atoms with Crippen molar-refractivity contribution in [3.63, 3.8) is 0 Å². The van der Waals surface area contributed by atoms with Crippen LogP contribution in [0.25, 0.3) is 0 Å². The van der Waals surface area contributed by atoms with Crippen molar-refractivity contribution in [2.45, 2.75) is 19.3 Å². The largest absolute Gasteiger partial charge is 0.497 e. The van der Waals surface area contributed by atoms with Gasteiger partial charge < -0.3 is 9.47 Å². The molecule has 0 unspecified atom stereocenters. The Balaban J connectivity index is 1.82. The molecular weight excluding hydrogens is 252 g/mol. The Kier molecular flexibility index (Phi) is 3.42. The Morgan fingerprint density at radius 1 is 0.900 bits per heavy atom. The Morgan fingerprint density at radius 2 is 1.70 bits per heavy atom. The highest BCUT2D eigenvalue weighted by Gasteiger charge is 2.16. The van der Waals surface area contributed by atoms with Crippen LogP contribution in [0.15, 0.2) is 42.5 Å². The van der Waals surface area contributed by atoms with E-state index in [1.807, 2.05) is 42.5 Å². The van der Waals surface area contributed by atoms with Gasteiger partial charge in [0.2, 0.25) is 0 Å². The first-order valence-electron chi connectivity index (χ1n) is 6.70. The standard InChI is InChI=1S/C17H16O3/c1-19-15-3-2-4-16(11-15)20-17-8-6-12-9-14(18)7-5-13(12)10-17/h2-4,6,8,10-11H,5,7,9H2,1H3. The minimum absolute atomic E-state index is 0.318. The fourth-order valence-corrected chi connectivity index (χ4v) is 2.45. The molecule has 2 aromatic carbocycles. The van der Waals surface area contributed by atoms with Crippen LogP contribution in [0, 0.1) is 0 Å². The van der Waals surface area contributed by atoms with Crippen molar-refractivity contribution in [3.8, 4) is 17.2 Å². The molecule has 0 amide bonds. The minimum Gasteiger partial charge on any atom is -0.497 e. The predicted octanol–water partition coefficient (Wildman–Crippen LogP) is 3.55. The number of carbonyl (C=O) groups excluding carboxylic acids is 1. The lowest BCUT2D eigenvalue weighted by Crippen LogP contribution is -2.12. The van der Waals surface area contributed by atoms with E-state index in [-0.39, 0.29) is 0 Å². The molecule has 0 heterocycles. The summed E-state index contributed by atoms with van der Waals surface area (Å²) < 4.78 is 11.0. The number of fused-ring (bicyclic) bond motifs is 1. The van der Waals surface area contributed by atoms with Gasteiger partial charge >= 0.3 is 0 Å². The molecule has 0 aromatic heterocycles. The lowest BCUT2D eigenvalue weighted by molar-refractivity contribution is -0.118. The van der Waals surface area contributed by atoms with E-state index in [2.05, 4.69) is 0 Å². The summed E-state index contributed by atoms with van der Waals surface area (Å²) in [5.41, 5.74) is 2.34. The minimum atomic E-state index is 0.318. The van der Waals surface area contributed by atoms with E-state index in [1.54, 1.807) is 7.11 Å². The molecule has 0 fully saturated rings. The van der Waals surface area contributed by atoms with Crippen molar-refractivity contribution < 1.29 is 14.3 Å². The van der Waals surface area contributed by atoms with Crippen molar-refractivity contribution >= 4 is 5.78 Å². The second-order valence-corrected chi connectivity index (χ2v) is 4.93. The van der Waals surface area contributed by atoms with Gasteiger partial charge in [0, 0.05) is 18.9 Å². The van der Waals surface area contributed by atoms with Gasteiger partial charge in [-0.25, -0.2) is 0 Å². The van der Waals surface area contributed by atoms with E-state index in [1.165, 1.54) is 5.56 Å². The number of ketones is 1. The van der Waals surface area contributed by atoms with Crippen LogP contribution >= 0.6 is 0 Å². The van der Waals surface area contributed by atoms with Gasteiger partial charge in [-0.2, -0.15) is 0 Å². The molecule has 0 radical (unpaired) electrons. The first-order valence-corrected chi connectivity index (χ1v) is 6.70. The fraction of sp³-hybridized carbons (Fsp3) is 0.235. The summed E-state index contributed by atoms with van der Waals surface area (Å²) in [5.74, 6) is 2.63. The van der Waals surface area contributed by atoms with Crippen molar-refractivity contribution in [2.24, 2.45) is 0 Å². The zero-order valence-corrected chi connectivity index (χ0v) is 11.4. The van der Waals surface area contributed by atoms with Crippen LogP contribution in [0.3, 0.4) is 0 Å². The van der Waals surface area contributed by atoms with Gasteiger partial charge in [0.05, 0.1) is 7.11 Å². The van der Waals surface area contributed by atoms with E-state index in [4.69, 9.17) is 9.47 Å². The second-order valence-electron chi connectivity index (χ2n) is 4.93. The average molecular weight is 268 g/mol. The summed E-state index contributed by atoms with van der Waals surface area (Å²) in [6, 6.07) is 13.4. The molecule has 0 saturated heterocycles. The van der Waals surface area contributed by atoms with Crippen LogP contribution in [-0.4, -0.2) is 12.9 Å². The molecule has 0 atom stereocenters. The lowest BCUT2D eigenvalue weighted by Gasteiger charge is -2.16. The summed E-state index contributed by atoms with van der Waals surface area (Å²) in [7, 11) is 1.63. The van der Waals surface area contributed by atoms with Crippen molar-refractivity contribution in [1.29, 1.82) is 0 Å². The Hall–Kier alpha value is -2.29. The van der Waals surface area contributed by atoms with E-state index in [9.17, 15) is 4.79 Å². The lowest BCUT2D eigenvalue weighted by atomic mass is 9.91.